The molecule has 7 nitrogen and oxygen atoms in total. The molecule has 164 valence electrons. The van der Waals surface area contributed by atoms with Crippen molar-refractivity contribution in [3.63, 3.8) is 0 Å². The van der Waals surface area contributed by atoms with Crippen LogP contribution < -0.4 is 10.9 Å². The van der Waals surface area contributed by atoms with Crippen LogP contribution in [0.5, 0.6) is 0 Å². The van der Waals surface area contributed by atoms with Crippen LogP contribution in [0.25, 0.3) is 11.7 Å². The number of nitrogens with zero attached hydrogens (tertiary/aromatic N) is 3. The molecule has 2 aliphatic rings. The molecule has 1 unspecified atom stereocenters. The minimum absolute atomic E-state index is 0.0149. The fraction of sp³-hybridized carbons (Fsp3) is 0.455. The summed E-state index contributed by atoms with van der Waals surface area (Å²) in [5.41, 5.74) is 1.66. The van der Waals surface area contributed by atoms with Crippen LogP contribution in [0.3, 0.4) is 0 Å². The number of thioether (sulfide) groups is 1. The Morgan fingerprint density at radius 3 is 2.90 bits per heavy atom. The highest BCUT2D eigenvalue weighted by molar-refractivity contribution is 8.26. The van der Waals surface area contributed by atoms with Gasteiger partial charge in [-0.3, -0.25) is 18.9 Å². The number of ether oxygens (including phenoxy) is 1. The number of anilines is 1. The zero-order chi connectivity index (χ0) is 22.1. The lowest BCUT2D eigenvalue weighted by Crippen LogP contribution is -2.35. The SMILES string of the molecule is Cc1ccc2nc(NCC(C)C)c(/C=C3\SC(=S)N(CC4CCCO4)C3=O)c(=O)n2c1. The first-order valence-electron chi connectivity index (χ1n) is 10.5. The summed E-state index contributed by atoms with van der Waals surface area (Å²) in [6.07, 6.45) is 5.33. The maximum atomic E-state index is 13.3. The minimum Gasteiger partial charge on any atom is -0.376 e. The first-order chi connectivity index (χ1) is 14.8. The summed E-state index contributed by atoms with van der Waals surface area (Å²) < 4.78 is 7.68. The van der Waals surface area contributed by atoms with E-state index in [2.05, 4.69) is 24.1 Å². The smallest absolute Gasteiger partial charge is 0.267 e. The molecule has 0 aromatic carbocycles. The molecule has 0 bridgehead atoms. The zero-order valence-electron chi connectivity index (χ0n) is 17.9. The number of hydrogen-bond acceptors (Lipinski definition) is 7. The molecule has 2 saturated heterocycles. The lowest BCUT2D eigenvalue weighted by atomic mass is 10.2. The molecule has 1 N–H and O–H groups in total. The van der Waals surface area contributed by atoms with Crippen molar-refractivity contribution in [1.29, 1.82) is 0 Å². The van der Waals surface area contributed by atoms with Gasteiger partial charge in [0.25, 0.3) is 11.5 Å². The molecule has 31 heavy (non-hydrogen) atoms. The summed E-state index contributed by atoms with van der Waals surface area (Å²) in [5, 5.41) is 3.27. The monoisotopic (exact) mass is 458 g/mol. The maximum absolute atomic E-state index is 13.3. The molecule has 2 fully saturated rings. The first-order valence-corrected chi connectivity index (χ1v) is 11.7. The molecular formula is C22H26N4O3S2. The highest BCUT2D eigenvalue weighted by atomic mass is 32.2. The molecule has 0 saturated carbocycles. The van der Waals surface area contributed by atoms with Crippen molar-refractivity contribution in [2.45, 2.75) is 39.7 Å². The van der Waals surface area contributed by atoms with Crippen LogP contribution in [-0.2, 0) is 9.53 Å². The number of carbonyl (C=O) groups excluding carboxylic acids is 1. The van der Waals surface area contributed by atoms with Gasteiger partial charge in [0.05, 0.1) is 23.1 Å². The van der Waals surface area contributed by atoms with Crippen molar-refractivity contribution >= 4 is 51.7 Å². The third-order valence-electron chi connectivity index (χ3n) is 5.24. The van der Waals surface area contributed by atoms with E-state index in [1.165, 1.54) is 16.2 Å². The molecule has 2 aromatic rings. The molecule has 2 aromatic heterocycles. The largest absolute Gasteiger partial charge is 0.376 e. The lowest BCUT2D eigenvalue weighted by molar-refractivity contribution is -0.123. The number of aromatic nitrogens is 2. The van der Waals surface area contributed by atoms with Crippen molar-refractivity contribution in [2.24, 2.45) is 5.92 Å². The fourth-order valence-corrected chi connectivity index (χ4v) is 4.86. The second kappa shape index (κ2) is 9.10. The Morgan fingerprint density at radius 1 is 1.39 bits per heavy atom. The van der Waals surface area contributed by atoms with Crippen molar-refractivity contribution < 1.29 is 9.53 Å². The number of amides is 1. The summed E-state index contributed by atoms with van der Waals surface area (Å²) in [7, 11) is 0. The number of thiocarbonyl (C=S) groups is 1. The molecule has 4 heterocycles. The van der Waals surface area contributed by atoms with E-state index < -0.39 is 0 Å². The molecule has 9 heteroatoms. The Labute approximate surface area is 190 Å². The van der Waals surface area contributed by atoms with Crippen LogP contribution in [0, 0.1) is 12.8 Å². The Balaban J connectivity index is 1.73. The Morgan fingerprint density at radius 2 is 2.19 bits per heavy atom. The van der Waals surface area contributed by atoms with E-state index in [-0.39, 0.29) is 17.6 Å². The van der Waals surface area contributed by atoms with Crippen LogP contribution in [0.4, 0.5) is 5.82 Å². The second-order valence-electron chi connectivity index (χ2n) is 8.32. The minimum atomic E-state index is -0.218. The van der Waals surface area contributed by atoms with Crippen LogP contribution in [-0.4, -0.2) is 50.3 Å². The standard InChI is InChI=1S/C22H26N4O3S2/c1-13(2)10-23-19-16(20(27)25-11-14(3)6-7-18(25)24-19)9-17-21(28)26(22(30)31-17)12-15-5-4-8-29-15/h6-7,9,11,13,15,23H,4-5,8,10,12H2,1-3H3/b17-9-. The van der Waals surface area contributed by atoms with Crippen LogP contribution in [0.2, 0.25) is 0 Å². The van der Waals surface area contributed by atoms with Crippen molar-refractivity contribution in [2.75, 3.05) is 25.0 Å². The van der Waals surface area contributed by atoms with E-state index in [0.717, 1.165) is 25.0 Å². The Bertz CT molecular complexity index is 1120. The van der Waals surface area contributed by atoms with Crippen LogP contribution >= 0.6 is 24.0 Å². The number of aryl methyl sites for hydroxylation is 1. The van der Waals surface area contributed by atoms with Gasteiger partial charge in [-0.1, -0.05) is 43.9 Å². The summed E-state index contributed by atoms with van der Waals surface area (Å²) in [6, 6.07) is 3.74. The molecule has 1 amide bonds. The predicted molar refractivity (Wildman–Crippen MR) is 128 cm³/mol. The number of carbonyl (C=O) groups is 1. The molecule has 0 spiro atoms. The number of nitrogens with one attached hydrogen (secondary N) is 1. The van der Waals surface area contributed by atoms with Gasteiger partial charge in [0.1, 0.15) is 15.8 Å². The van der Waals surface area contributed by atoms with Crippen LogP contribution in [0.1, 0.15) is 37.8 Å². The third kappa shape index (κ3) is 4.68. The van der Waals surface area contributed by atoms with Gasteiger partial charge in [-0.25, -0.2) is 4.98 Å². The summed E-state index contributed by atoms with van der Waals surface area (Å²) in [6.45, 7) is 7.93. The van der Waals surface area contributed by atoms with E-state index in [1.54, 1.807) is 17.2 Å². The van der Waals surface area contributed by atoms with Gasteiger partial charge in [0.15, 0.2) is 0 Å². The third-order valence-corrected chi connectivity index (χ3v) is 6.62. The van der Waals surface area contributed by atoms with E-state index in [4.69, 9.17) is 17.0 Å². The van der Waals surface area contributed by atoms with Gasteiger partial charge < -0.3 is 10.1 Å². The number of fused-ring (bicyclic) bond motifs is 1. The zero-order valence-corrected chi connectivity index (χ0v) is 19.5. The molecule has 1 atom stereocenters. The maximum Gasteiger partial charge on any atom is 0.267 e. The molecule has 2 aliphatic heterocycles. The van der Waals surface area contributed by atoms with Gasteiger partial charge in [0, 0.05) is 19.3 Å². The number of rotatable bonds is 6. The van der Waals surface area contributed by atoms with E-state index >= 15 is 0 Å². The summed E-state index contributed by atoms with van der Waals surface area (Å²) in [5.74, 6) is 0.664. The quantitative estimate of drug-likeness (QED) is 0.525. The lowest BCUT2D eigenvalue weighted by Gasteiger charge is -2.18. The second-order valence-corrected chi connectivity index (χ2v) is 9.99. The van der Waals surface area contributed by atoms with Gasteiger partial charge in [-0.15, -0.1) is 0 Å². The summed E-state index contributed by atoms with van der Waals surface area (Å²) in [4.78, 5) is 33.1. The molecular weight excluding hydrogens is 432 g/mol. The Kier molecular flexibility index (Phi) is 6.45. The number of pyridine rings is 1. The number of hydrogen-bond donors (Lipinski definition) is 1. The molecule has 0 aliphatic carbocycles. The van der Waals surface area contributed by atoms with Gasteiger partial charge in [-0.05, 0) is 43.4 Å². The molecule has 4 rings (SSSR count). The topological polar surface area (TPSA) is 75.9 Å². The van der Waals surface area contributed by atoms with E-state index in [9.17, 15) is 9.59 Å². The van der Waals surface area contributed by atoms with Gasteiger partial charge >= 0.3 is 0 Å². The highest BCUT2D eigenvalue weighted by Crippen LogP contribution is 2.34. The first kappa shape index (κ1) is 22.0. The van der Waals surface area contributed by atoms with Crippen molar-refractivity contribution in [1.82, 2.24) is 14.3 Å². The van der Waals surface area contributed by atoms with Gasteiger partial charge in [-0.2, -0.15) is 0 Å². The van der Waals surface area contributed by atoms with E-state index in [1.807, 2.05) is 19.1 Å². The predicted octanol–water partition coefficient (Wildman–Crippen LogP) is 3.45. The Hall–Kier alpha value is -2.23. The average Bonchev–Trinajstić information content (AvgIpc) is 3.33. The highest BCUT2D eigenvalue weighted by Gasteiger charge is 2.35. The van der Waals surface area contributed by atoms with E-state index in [0.29, 0.717) is 45.3 Å². The van der Waals surface area contributed by atoms with Gasteiger partial charge in [0.2, 0.25) is 0 Å². The average molecular weight is 459 g/mol. The normalized spacial score (nSPS) is 20.6. The summed E-state index contributed by atoms with van der Waals surface area (Å²) >= 11 is 6.67. The van der Waals surface area contributed by atoms with Crippen molar-refractivity contribution in [3.8, 4) is 0 Å². The molecule has 0 radical (unpaired) electrons. The van der Waals surface area contributed by atoms with Crippen LogP contribution in [0.15, 0.2) is 28.0 Å². The fourth-order valence-electron chi connectivity index (χ4n) is 3.60. The van der Waals surface area contributed by atoms with Crippen molar-refractivity contribution in [3.05, 3.63) is 44.7 Å².